The van der Waals surface area contributed by atoms with E-state index in [1.54, 1.807) is 0 Å². The zero-order valence-corrected chi connectivity index (χ0v) is 15.6. The highest BCUT2D eigenvalue weighted by Gasteiger charge is 2.34. The first-order chi connectivity index (χ1) is 11.5. The van der Waals surface area contributed by atoms with Crippen molar-refractivity contribution < 1.29 is 31.1 Å². The molecule has 1 saturated heterocycles. The van der Waals surface area contributed by atoms with E-state index >= 15 is 0 Å². The first kappa shape index (κ1) is 22.6. The van der Waals surface area contributed by atoms with Gasteiger partial charge in [0.2, 0.25) is 0 Å². The van der Waals surface area contributed by atoms with Gasteiger partial charge in [0, 0.05) is 13.1 Å². The monoisotopic (exact) mass is 498 g/mol. The van der Waals surface area contributed by atoms with E-state index in [4.69, 9.17) is 5.73 Å². The van der Waals surface area contributed by atoms with Crippen LogP contribution >= 0.6 is 24.0 Å². The number of nitrogens with one attached hydrogen (secondary N) is 1. The van der Waals surface area contributed by atoms with Crippen molar-refractivity contribution in [1.82, 2.24) is 4.90 Å². The molecule has 148 valence electrons. The van der Waals surface area contributed by atoms with E-state index in [0.29, 0.717) is 6.42 Å². The Morgan fingerprint density at radius 1 is 1.23 bits per heavy atom. The van der Waals surface area contributed by atoms with Crippen LogP contribution in [0.1, 0.15) is 6.42 Å². The maximum atomic E-state index is 12.4. The first-order valence-corrected chi connectivity index (χ1v) is 7.26. The second-order valence-corrected chi connectivity index (χ2v) is 5.48. The smallest absolute Gasteiger partial charge is 0.404 e. The van der Waals surface area contributed by atoms with Crippen LogP contribution in [0.25, 0.3) is 0 Å². The number of nitrogens with zero attached hydrogens (tertiary/aromatic N) is 2. The Balaban J connectivity index is 0.00000338. The highest BCUT2D eigenvalue weighted by atomic mass is 127. The number of alkyl halides is 6. The number of guanidine groups is 1. The summed E-state index contributed by atoms with van der Waals surface area (Å²) in [5.41, 5.74) is 5.60. The van der Waals surface area contributed by atoms with E-state index < -0.39 is 30.9 Å². The minimum atomic E-state index is -4.87. The number of ether oxygens (including phenoxy) is 1. The summed E-state index contributed by atoms with van der Waals surface area (Å²) >= 11 is 0. The molecule has 5 nitrogen and oxygen atoms in total. The molecule has 1 aliphatic heterocycles. The average Bonchev–Trinajstić information content (AvgIpc) is 2.84. The molecule has 26 heavy (non-hydrogen) atoms. The lowest BCUT2D eigenvalue weighted by atomic mass is 10.3. The number of benzene rings is 1. The van der Waals surface area contributed by atoms with E-state index in [1.807, 2.05) is 0 Å². The molecule has 1 unspecified atom stereocenters. The van der Waals surface area contributed by atoms with Gasteiger partial charge in [0.25, 0.3) is 0 Å². The van der Waals surface area contributed by atoms with E-state index in [-0.39, 0.29) is 48.7 Å². The molecule has 0 radical (unpaired) electrons. The number of hydrogen-bond acceptors (Lipinski definition) is 3. The van der Waals surface area contributed by atoms with E-state index in [2.05, 4.69) is 15.0 Å². The van der Waals surface area contributed by atoms with Crippen LogP contribution < -0.4 is 15.8 Å². The number of halogens is 7. The lowest BCUT2D eigenvalue weighted by molar-refractivity contribution is -0.274. The second kappa shape index (κ2) is 8.97. The van der Waals surface area contributed by atoms with Crippen LogP contribution in [0.5, 0.6) is 5.75 Å². The molecule has 0 amide bonds. The van der Waals surface area contributed by atoms with Crippen LogP contribution in [0.3, 0.4) is 0 Å². The minimum absolute atomic E-state index is 0. The summed E-state index contributed by atoms with van der Waals surface area (Å²) in [5, 5.41) is 2.49. The normalized spacial score (nSPS) is 19.2. The maximum Gasteiger partial charge on any atom is 0.573 e. The molecule has 1 atom stereocenters. The summed E-state index contributed by atoms with van der Waals surface area (Å²) in [6.07, 6.45) is -8.79. The van der Waals surface area contributed by atoms with Crippen LogP contribution in [0.15, 0.2) is 29.3 Å². The van der Waals surface area contributed by atoms with Crippen LogP contribution in [-0.2, 0) is 0 Å². The second-order valence-electron chi connectivity index (χ2n) is 5.48. The fourth-order valence-corrected chi connectivity index (χ4v) is 2.47. The zero-order valence-electron chi connectivity index (χ0n) is 13.3. The number of nitrogens with two attached hydrogens (primary N) is 1. The van der Waals surface area contributed by atoms with Gasteiger partial charge >= 0.3 is 12.5 Å². The van der Waals surface area contributed by atoms with Gasteiger partial charge < -0.3 is 15.8 Å². The molecule has 0 aromatic heterocycles. The van der Waals surface area contributed by atoms with Crippen molar-refractivity contribution in [2.75, 3.05) is 25.0 Å². The van der Waals surface area contributed by atoms with Gasteiger partial charge in [-0.3, -0.25) is 4.90 Å². The zero-order chi connectivity index (χ0) is 18.7. The third kappa shape index (κ3) is 7.85. The van der Waals surface area contributed by atoms with Crippen molar-refractivity contribution >= 4 is 35.6 Å². The van der Waals surface area contributed by atoms with Gasteiger partial charge in [-0.15, -0.1) is 37.1 Å². The van der Waals surface area contributed by atoms with Gasteiger partial charge in [0.05, 0.1) is 18.3 Å². The molecule has 12 heteroatoms. The van der Waals surface area contributed by atoms with Gasteiger partial charge in [-0.05, 0) is 18.6 Å². The minimum Gasteiger partial charge on any atom is -0.404 e. The molecule has 1 aliphatic rings. The molecule has 0 aliphatic carbocycles. The molecule has 2 rings (SSSR count). The summed E-state index contributed by atoms with van der Waals surface area (Å²) in [6, 6.07) is 4.77. The summed E-state index contributed by atoms with van der Waals surface area (Å²) in [4.78, 5) is 5.22. The van der Waals surface area contributed by atoms with Gasteiger partial charge in [-0.2, -0.15) is 13.2 Å². The van der Waals surface area contributed by atoms with Crippen molar-refractivity contribution in [1.29, 1.82) is 0 Å². The maximum absolute atomic E-state index is 12.4. The molecule has 3 N–H and O–H groups in total. The first-order valence-electron chi connectivity index (χ1n) is 7.26. The molecule has 1 heterocycles. The Kier molecular flexibility index (Phi) is 7.80. The number of anilines is 1. The molecule has 0 spiro atoms. The quantitative estimate of drug-likeness (QED) is 0.289. The summed E-state index contributed by atoms with van der Waals surface area (Å²) in [6.45, 7) is -0.744. The molecule has 1 fully saturated rings. The van der Waals surface area contributed by atoms with Crippen molar-refractivity contribution in [3.05, 3.63) is 24.3 Å². The van der Waals surface area contributed by atoms with Crippen LogP contribution in [-0.4, -0.2) is 49.1 Å². The molecule has 0 bridgehead atoms. The van der Waals surface area contributed by atoms with Crippen LogP contribution in [0.4, 0.5) is 32.0 Å². The largest absolute Gasteiger partial charge is 0.573 e. The average molecular weight is 498 g/mol. The Bertz CT molecular complexity index is 622. The number of aliphatic imine (C=N–C) groups is 1. The lowest BCUT2D eigenvalue weighted by Gasteiger charge is -2.17. The van der Waals surface area contributed by atoms with E-state index in [1.165, 1.54) is 23.1 Å². The van der Waals surface area contributed by atoms with Gasteiger partial charge in [-0.1, -0.05) is 12.1 Å². The Morgan fingerprint density at radius 2 is 1.88 bits per heavy atom. The Labute approximate surface area is 162 Å². The molecular formula is C14H17F6IN4O. The highest BCUT2D eigenvalue weighted by molar-refractivity contribution is 14.0. The highest BCUT2D eigenvalue weighted by Crippen LogP contribution is 2.30. The van der Waals surface area contributed by atoms with Gasteiger partial charge in [-0.25, -0.2) is 4.99 Å². The van der Waals surface area contributed by atoms with Gasteiger partial charge in [0.1, 0.15) is 0 Å². The van der Waals surface area contributed by atoms with E-state index in [9.17, 15) is 26.3 Å². The lowest BCUT2D eigenvalue weighted by Crippen LogP contribution is -2.33. The van der Waals surface area contributed by atoms with Crippen molar-refractivity contribution in [2.24, 2.45) is 10.7 Å². The fraction of sp³-hybridized carbons (Fsp3) is 0.500. The van der Waals surface area contributed by atoms with Crippen molar-refractivity contribution in [3.8, 4) is 5.75 Å². The Morgan fingerprint density at radius 3 is 2.50 bits per heavy atom. The third-order valence-electron chi connectivity index (χ3n) is 3.35. The van der Waals surface area contributed by atoms with Crippen LogP contribution in [0.2, 0.25) is 0 Å². The molecular weight excluding hydrogens is 481 g/mol. The number of para-hydroxylation sites is 2. The Hall–Kier alpha value is -1.44. The van der Waals surface area contributed by atoms with Gasteiger partial charge in [0.15, 0.2) is 11.7 Å². The fourth-order valence-electron chi connectivity index (χ4n) is 2.47. The van der Waals surface area contributed by atoms with E-state index in [0.717, 1.165) is 6.07 Å². The summed E-state index contributed by atoms with van der Waals surface area (Å²) < 4.78 is 78.0. The molecule has 1 aromatic carbocycles. The predicted molar refractivity (Wildman–Crippen MR) is 94.7 cm³/mol. The van der Waals surface area contributed by atoms with Crippen molar-refractivity contribution in [2.45, 2.75) is 25.0 Å². The van der Waals surface area contributed by atoms with Crippen molar-refractivity contribution in [3.63, 3.8) is 0 Å². The third-order valence-corrected chi connectivity index (χ3v) is 3.35. The number of likely N-dealkylation sites (tertiary alicyclic amines) is 1. The predicted octanol–water partition coefficient (Wildman–Crippen LogP) is 3.57. The number of hydrogen-bond donors (Lipinski definition) is 2. The number of rotatable bonds is 4. The molecule has 0 saturated carbocycles. The summed E-state index contributed by atoms with van der Waals surface area (Å²) in [7, 11) is 0. The SMILES string of the molecule is I.NC(=NC1CCN(CC(F)(F)F)C1)Nc1ccccc1OC(F)(F)F. The molecule has 1 aromatic rings. The summed E-state index contributed by atoms with van der Waals surface area (Å²) in [5.74, 6) is -0.685. The standard InChI is InChI=1S/C14H16F6N4O.HI/c15-13(16,17)8-24-6-5-9(7-24)22-12(21)23-10-3-1-2-4-11(10)25-14(18,19)20;/h1-4,9H,5-8H2,(H3,21,22,23);1H. The van der Waals surface area contributed by atoms with Crippen LogP contribution in [0, 0.1) is 0 Å². The topological polar surface area (TPSA) is 62.9 Å².